The molecule has 1 unspecified atom stereocenters. The molecular weight excluding hydrogens is 242 g/mol. The molecule has 2 heterocycles. The van der Waals surface area contributed by atoms with Crippen LogP contribution in [0.15, 0.2) is 4.52 Å². The Morgan fingerprint density at radius 3 is 2.82 bits per heavy atom. The summed E-state index contributed by atoms with van der Waals surface area (Å²) in [6, 6.07) is 0. The summed E-state index contributed by atoms with van der Waals surface area (Å²) in [6.07, 6.45) is 2.21. The van der Waals surface area contributed by atoms with E-state index >= 15 is 0 Å². The minimum atomic E-state index is -2.86. The molecule has 1 aromatic rings. The van der Waals surface area contributed by atoms with E-state index < -0.39 is 9.84 Å². The van der Waals surface area contributed by atoms with Gasteiger partial charge in [-0.25, -0.2) is 8.42 Å². The van der Waals surface area contributed by atoms with Gasteiger partial charge in [-0.2, -0.15) is 4.98 Å². The van der Waals surface area contributed by atoms with E-state index in [9.17, 15) is 8.42 Å². The third-order valence-corrected chi connectivity index (χ3v) is 4.77. The average Bonchev–Trinajstić information content (AvgIpc) is 2.64. The molecule has 2 rings (SSSR count). The zero-order valence-corrected chi connectivity index (χ0v) is 10.9. The lowest BCUT2D eigenvalue weighted by atomic mass is 10.0. The van der Waals surface area contributed by atoms with Crippen molar-refractivity contribution in [2.24, 2.45) is 5.92 Å². The summed E-state index contributed by atoms with van der Waals surface area (Å²) in [4.78, 5) is 5.96. The number of hydrogen-bond donors (Lipinski definition) is 0. The van der Waals surface area contributed by atoms with Crippen LogP contribution in [0.4, 0.5) is 5.95 Å². The highest BCUT2D eigenvalue weighted by Gasteiger charge is 2.26. The Kier molecular flexibility index (Phi) is 3.37. The van der Waals surface area contributed by atoms with Gasteiger partial charge in [0, 0.05) is 20.5 Å². The molecule has 0 aromatic carbocycles. The third kappa shape index (κ3) is 3.18. The number of sulfone groups is 1. The SMILES string of the molecule is CN(C)c1noc(CC2CCCS(=O)(=O)C2)n1. The van der Waals surface area contributed by atoms with E-state index in [2.05, 4.69) is 10.1 Å². The number of nitrogens with zero attached hydrogens (tertiary/aromatic N) is 3. The quantitative estimate of drug-likeness (QED) is 0.787. The van der Waals surface area contributed by atoms with Gasteiger partial charge in [0.1, 0.15) is 0 Å². The van der Waals surface area contributed by atoms with Crippen LogP contribution in [0.25, 0.3) is 0 Å². The maximum Gasteiger partial charge on any atom is 0.265 e. The lowest BCUT2D eigenvalue weighted by Gasteiger charge is -2.19. The van der Waals surface area contributed by atoms with Crippen LogP contribution in [0, 0.1) is 5.92 Å². The van der Waals surface area contributed by atoms with Gasteiger partial charge in [-0.05, 0) is 23.9 Å². The van der Waals surface area contributed by atoms with Crippen LogP contribution in [-0.4, -0.2) is 44.2 Å². The van der Waals surface area contributed by atoms with Gasteiger partial charge in [0.25, 0.3) is 5.95 Å². The van der Waals surface area contributed by atoms with Gasteiger partial charge in [-0.1, -0.05) is 0 Å². The van der Waals surface area contributed by atoms with Crippen molar-refractivity contribution in [3.63, 3.8) is 0 Å². The second kappa shape index (κ2) is 4.64. The predicted octanol–water partition coefficient (Wildman–Crippen LogP) is 0.503. The Hall–Kier alpha value is -1.11. The molecule has 0 aliphatic carbocycles. The second-order valence-corrected chi connectivity index (χ2v) is 6.94. The van der Waals surface area contributed by atoms with Crippen LogP contribution < -0.4 is 4.90 Å². The van der Waals surface area contributed by atoms with E-state index in [0.29, 0.717) is 24.0 Å². The lowest BCUT2D eigenvalue weighted by Crippen LogP contribution is -2.26. The zero-order valence-electron chi connectivity index (χ0n) is 10.1. The van der Waals surface area contributed by atoms with Crippen molar-refractivity contribution in [2.75, 3.05) is 30.5 Å². The molecule has 0 radical (unpaired) electrons. The summed E-state index contributed by atoms with van der Waals surface area (Å²) < 4.78 is 28.1. The van der Waals surface area contributed by atoms with Crippen molar-refractivity contribution in [3.05, 3.63) is 5.89 Å². The highest BCUT2D eigenvalue weighted by Crippen LogP contribution is 2.22. The first-order valence-corrected chi connectivity index (χ1v) is 7.49. The van der Waals surface area contributed by atoms with Gasteiger partial charge < -0.3 is 9.42 Å². The molecule has 17 heavy (non-hydrogen) atoms. The fourth-order valence-corrected chi connectivity index (χ4v) is 3.81. The first-order valence-electron chi connectivity index (χ1n) is 5.66. The smallest absolute Gasteiger partial charge is 0.265 e. The first-order chi connectivity index (χ1) is 7.96. The normalized spacial score (nSPS) is 23.5. The third-order valence-electron chi connectivity index (χ3n) is 2.88. The van der Waals surface area contributed by atoms with Crippen LogP contribution in [0.5, 0.6) is 0 Å². The van der Waals surface area contributed by atoms with Gasteiger partial charge >= 0.3 is 0 Å². The van der Waals surface area contributed by atoms with Gasteiger partial charge in [-0.15, -0.1) is 0 Å². The maximum absolute atomic E-state index is 11.5. The molecule has 1 atom stereocenters. The standard InChI is InChI=1S/C10H17N3O3S/c1-13(2)10-11-9(16-12-10)6-8-4-3-5-17(14,15)7-8/h8H,3-7H2,1-2H3. The van der Waals surface area contributed by atoms with Crippen LogP contribution >= 0.6 is 0 Å². The topological polar surface area (TPSA) is 76.3 Å². The summed E-state index contributed by atoms with van der Waals surface area (Å²) in [5.41, 5.74) is 0. The monoisotopic (exact) mass is 259 g/mol. The van der Waals surface area contributed by atoms with Gasteiger partial charge in [0.2, 0.25) is 5.89 Å². The van der Waals surface area contributed by atoms with Gasteiger partial charge in [0.15, 0.2) is 9.84 Å². The van der Waals surface area contributed by atoms with Crippen LogP contribution in [0.1, 0.15) is 18.7 Å². The van der Waals surface area contributed by atoms with E-state index in [1.54, 1.807) is 4.90 Å². The van der Waals surface area contributed by atoms with Crippen molar-refractivity contribution in [1.29, 1.82) is 0 Å². The minimum Gasteiger partial charge on any atom is -0.344 e. The number of hydrogen-bond acceptors (Lipinski definition) is 6. The molecule has 0 saturated carbocycles. The van der Waals surface area contributed by atoms with Crippen LogP contribution in [-0.2, 0) is 16.3 Å². The highest BCUT2D eigenvalue weighted by atomic mass is 32.2. The van der Waals surface area contributed by atoms with E-state index in [1.807, 2.05) is 14.1 Å². The second-order valence-electron chi connectivity index (χ2n) is 4.71. The molecule has 1 saturated heterocycles. The van der Waals surface area contributed by atoms with Crippen molar-refractivity contribution >= 4 is 15.8 Å². The summed E-state index contributed by atoms with van der Waals surface area (Å²) in [6.45, 7) is 0. The Morgan fingerprint density at radius 2 is 2.24 bits per heavy atom. The summed E-state index contributed by atoms with van der Waals surface area (Å²) >= 11 is 0. The van der Waals surface area contributed by atoms with Crippen molar-refractivity contribution in [2.45, 2.75) is 19.3 Å². The molecule has 7 heteroatoms. The molecule has 1 aliphatic heterocycles. The Morgan fingerprint density at radius 1 is 1.47 bits per heavy atom. The van der Waals surface area contributed by atoms with Crippen molar-refractivity contribution in [3.8, 4) is 0 Å². The molecule has 1 aliphatic rings. The number of anilines is 1. The fraction of sp³-hybridized carbons (Fsp3) is 0.800. The molecule has 0 bridgehead atoms. The average molecular weight is 259 g/mol. The molecule has 1 aromatic heterocycles. The molecule has 6 nitrogen and oxygen atoms in total. The van der Waals surface area contributed by atoms with E-state index in [1.165, 1.54) is 0 Å². The fourth-order valence-electron chi connectivity index (χ4n) is 2.04. The molecule has 1 fully saturated rings. The molecular formula is C10H17N3O3S. The lowest BCUT2D eigenvalue weighted by molar-refractivity contribution is 0.349. The largest absolute Gasteiger partial charge is 0.344 e. The zero-order chi connectivity index (χ0) is 12.5. The Balaban J connectivity index is 2.00. The molecule has 0 amide bonds. The van der Waals surface area contributed by atoms with Gasteiger partial charge in [0.05, 0.1) is 11.5 Å². The summed E-state index contributed by atoms with van der Waals surface area (Å²) in [5, 5.41) is 3.81. The van der Waals surface area contributed by atoms with Crippen molar-refractivity contribution < 1.29 is 12.9 Å². The van der Waals surface area contributed by atoms with E-state index in [0.717, 1.165) is 12.8 Å². The number of aromatic nitrogens is 2. The number of rotatable bonds is 3. The van der Waals surface area contributed by atoms with E-state index in [-0.39, 0.29) is 11.7 Å². The minimum absolute atomic E-state index is 0.115. The van der Waals surface area contributed by atoms with Crippen LogP contribution in [0.3, 0.4) is 0 Å². The highest BCUT2D eigenvalue weighted by molar-refractivity contribution is 7.91. The van der Waals surface area contributed by atoms with Crippen molar-refractivity contribution in [1.82, 2.24) is 10.1 Å². The van der Waals surface area contributed by atoms with Gasteiger partial charge in [-0.3, -0.25) is 0 Å². The summed E-state index contributed by atoms with van der Waals surface area (Å²) in [7, 11) is 0.804. The first kappa shape index (κ1) is 12.3. The molecule has 0 spiro atoms. The maximum atomic E-state index is 11.5. The molecule has 96 valence electrons. The summed E-state index contributed by atoms with van der Waals surface area (Å²) in [5.74, 6) is 1.72. The Labute approximate surface area is 101 Å². The Bertz CT molecular complexity index is 481. The van der Waals surface area contributed by atoms with Crippen LogP contribution in [0.2, 0.25) is 0 Å². The predicted molar refractivity (Wildman–Crippen MR) is 63.7 cm³/mol. The van der Waals surface area contributed by atoms with E-state index in [4.69, 9.17) is 4.52 Å². The molecule has 0 N–H and O–H groups in total.